The molecule has 1 aromatic carbocycles. The number of benzene rings is 1. The molecule has 0 spiro atoms. The fourth-order valence-electron chi connectivity index (χ4n) is 1.24. The first-order chi connectivity index (χ1) is 9.58. The largest absolute Gasteiger partial charge is 0.433 e. The molecule has 6 heteroatoms. The molecule has 0 amide bonds. The summed E-state index contributed by atoms with van der Waals surface area (Å²) in [6.45, 7) is 3.81. The van der Waals surface area contributed by atoms with E-state index in [2.05, 4.69) is 10.4 Å². The van der Waals surface area contributed by atoms with Crippen LogP contribution in [-0.2, 0) is 0 Å². The van der Waals surface area contributed by atoms with Gasteiger partial charge in [0.05, 0.1) is 0 Å². The lowest BCUT2D eigenvalue weighted by atomic mass is 10.2. The number of nitrogens with one attached hydrogen (secondary N) is 1. The van der Waals surface area contributed by atoms with Crippen molar-refractivity contribution in [3.05, 3.63) is 53.9 Å². The molecule has 4 nitrogen and oxygen atoms in total. The van der Waals surface area contributed by atoms with Crippen molar-refractivity contribution in [1.82, 2.24) is 5.43 Å². The smallest absolute Gasteiger partial charge is 0.219 e. The topological polar surface area (TPSA) is 59.6 Å². The molecular weight excluding hydrogens is 264 g/mol. The number of halogens is 2. The van der Waals surface area contributed by atoms with E-state index >= 15 is 0 Å². The number of allylic oxidation sites excluding steroid dienone is 1. The summed E-state index contributed by atoms with van der Waals surface area (Å²) in [7, 11) is 0. The molecule has 0 saturated heterocycles. The highest BCUT2D eigenvalue weighted by Crippen LogP contribution is 2.21. The van der Waals surface area contributed by atoms with Gasteiger partial charge in [0.1, 0.15) is 0 Å². The van der Waals surface area contributed by atoms with E-state index < -0.39 is 17.4 Å². The van der Waals surface area contributed by atoms with E-state index in [-0.39, 0.29) is 5.90 Å². The molecule has 0 fully saturated rings. The fourth-order valence-corrected chi connectivity index (χ4v) is 1.24. The van der Waals surface area contributed by atoms with Gasteiger partial charge in [0, 0.05) is 12.4 Å². The maximum absolute atomic E-state index is 13.5. The highest BCUT2D eigenvalue weighted by atomic mass is 19.1. The van der Waals surface area contributed by atoms with Crippen LogP contribution in [0.15, 0.2) is 47.2 Å². The molecule has 0 atom stereocenters. The van der Waals surface area contributed by atoms with Crippen LogP contribution >= 0.6 is 0 Å². The van der Waals surface area contributed by atoms with Gasteiger partial charge in [-0.25, -0.2) is 13.8 Å². The van der Waals surface area contributed by atoms with Crippen molar-refractivity contribution < 1.29 is 13.5 Å². The summed E-state index contributed by atoms with van der Waals surface area (Å²) in [6, 6.07) is 3.49. The predicted octanol–water partition coefficient (Wildman–Crippen LogP) is 3.03. The number of nitrogens with zero attached hydrogens (tertiary/aromatic N) is 1. The van der Waals surface area contributed by atoms with Gasteiger partial charge in [0.25, 0.3) is 0 Å². The van der Waals surface area contributed by atoms with Crippen LogP contribution in [0.2, 0.25) is 0 Å². The Hall–Kier alpha value is -2.21. The van der Waals surface area contributed by atoms with Crippen molar-refractivity contribution in [1.29, 1.82) is 0 Å². The zero-order chi connectivity index (χ0) is 15.0. The minimum absolute atomic E-state index is 0.0693. The second-order valence-electron chi connectivity index (χ2n) is 3.95. The van der Waals surface area contributed by atoms with E-state index in [1.807, 2.05) is 13.8 Å². The van der Waals surface area contributed by atoms with Gasteiger partial charge >= 0.3 is 0 Å². The minimum atomic E-state index is -0.791. The molecule has 0 heterocycles. The summed E-state index contributed by atoms with van der Waals surface area (Å²) >= 11 is 0. The average Bonchev–Trinajstić information content (AvgIpc) is 2.42. The fraction of sp³-hybridized carbons (Fsp3) is 0.214. The van der Waals surface area contributed by atoms with Gasteiger partial charge in [0.2, 0.25) is 11.6 Å². The summed E-state index contributed by atoms with van der Waals surface area (Å²) in [4.78, 5) is 3.94. The second kappa shape index (κ2) is 8.06. The number of ether oxygens (including phenoxy) is 1. The lowest BCUT2D eigenvalue weighted by Crippen LogP contribution is -2.13. The summed E-state index contributed by atoms with van der Waals surface area (Å²) in [5, 5.41) is 0. The molecule has 3 N–H and O–H groups in total. The van der Waals surface area contributed by atoms with Crippen molar-refractivity contribution in [2.45, 2.75) is 20.3 Å². The maximum Gasteiger partial charge on any atom is 0.219 e. The number of hydrazine groups is 1. The SMILES string of the molecule is CC/C(C)=C/C(=N\C=C\NN)Oc1c(F)cccc1F. The van der Waals surface area contributed by atoms with Crippen LogP contribution in [-0.4, -0.2) is 5.90 Å². The normalized spacial score (nSPS) is 12.8. The van der Waals surface area contributed by atoms with Crippen LogP contribution in [0.5, 0.6) is 5.75 Å². The molecule has 0 aromatic heterocycles. The molecule has 0 aliphatic rings. The van der Waals surface area contributed by atoms with Crippen LogP contribution in [0.25, 0.3) is 0 Å². The Bertz CT molecular complexity index is 519. The van der Waals surface area contributed by atoms with E-state index in [4.69, 9.17) is 10.6 Å². The molecule has 1 rings (SSSR count). The molecule has 20 heavy (non-hydrogen) atoms. The van der Waals surface area contributed by atoms with Crippen LogP contribution in [0.1, 0.15) is 20.3 Å². The van der Waals surface area contributed by atoms with E-state index in [0.29, 0.717) is 0 Å². The molecule has 0 aliphatic heterocycles. The third-order valence-corrected chi connectivity index (χ3v) is 2.43. The summed E-state index contributed by atoms with van der Waals surface area (Å²) < 4.78 is 32.3. The minimum Gasteiger partial charge on any atom is -0.433 e. The summed E-state index contributed by atoms with van der Waals surface area (Å²) in [5.74, 6) is 3.06. The van der Waals surface area contributed by atoms with Crippen LogP contribution in [0.4, 0.5) is 8.78 Å². The van der Waals surface area contributed by atoms with Gasteiger partial charge in [-0.05, 0) is 31.6 Å². The van der Waals surface area contributed by atoms with Gasteiger partial charge in [0.15, 0.2) is 11.6 Å². The average molecular weight is 281 g/mol. The molecule has 1 aromatic rings. The van der Waals surface area contributed by atoms with Gasteiger partial charge in [-0.15, -0.1) is 0 Å². The Morgan fingerprint density at radius 3 is 2.60 bits per heavy atom. The van der Waals surface area contributed by atoms with Crippen LogP contribution in [0, 0.1) is 11.6 Å². The Kier molecular flexibility index (Phi) is 6.39. The second-order valence-corrected chi connectivity index (χ2v) is 3.95. The first-order valence-corrected chi connectivity index (χ1v) is 6.06. The van der Waals surface area contributed by atoms with Crippen molar-refractivity contribution in [2.75, 3.05) is 0 Å². The highest BCUT2D eigenvalue weighted by Gasteiger charge is 2.12. The quantitative estimate of drug-likeness (QED) is 0.377. The number of hydrogen-bond acceptors (Lipinski definition) is 4. The first kappa shape index (κ1) is 15.8. The standard InChI is InChI=1S/C14H17F2N3O/c1-3-10(2)9-13(18-7-8-19-17)20-14-11(15)5-4-6-12(14)16/h4-9,19H,3,17H2,1-2H3/b8-7+,10-9+,18-13+. The number of para-hydroxylation sites is 1. The van der Waals surface area contributed by atoms with E-state index in [1.54, 1.807) is 6.08 Å². The molecule has 0 aliphatic carbocycles. The molecule has 0 saturated carbocycles. The third-order valence-electron chi connectivity index (χ3n) is 2.43. The summed E-state index contributed by atoms with van der Waals surface area (Å²) in [5.41, 5.74) is 3.22. The number of hydrogen-bond donors (Lipinski definition) is 2. The predicted molar refractivity (Wildman–Crippen MR) is 74.9 cm³/mol. The zero-order valence-electron chi connectivity index (χ0n) is 11.4. The molecule has 0 unspecified atom stereocenters. The first-order valence-electron chi connectivity index (χ1n) is 6.06. The van der Waals surface area contributed by atoms with Crippen molar-refractivity contribution in [2.24, 2.45) is 10.8 Å². The van der Waals surface area contributed by atoms with E-state index in [9.17, 15) is 8.78 Å². The van der Waals surface area contributed by atoms with Crippen molar-refractivity contribution >= 4 is 5.90 Å². The Morgan fingerprint density at radius 2 is 2.05 bits per heavy atom. The lowest BCUT2D eigenvalue weighted by molar-refractivity contribution is 0.449. The number of aliphatic imine (C=N–C) groups is 1. The number of nitrogens with two attached hydrogens (primary N) is 1. The highest BCUT2D eigenvalue weighted by molar-refractivity contribution is 5.90. The molecule has 0 radical (unpaired) electrons. The van der Waals surface area contributed by atoms with Crippen molar-refractivity contribution in [3.63, 3.8) is 0 Å². The van der Waals surface area contributed by atoms with E-state index in [1.165, 1.54) is 18.5 Å². The Labute approximate surface area is 116 Å². The van der Waals surface area contributed by atoms with Crippen molar-refractivity contribution in [3.8, 4) is 5.75 Å². The Morgan fingerprint density at radius 1 is 1.40 bits per heavy atom. The molecule has 108 valence electrons. The van der Waals surface area contributed by atoms with Crippen LogP contribution < -0.4 is 16.0 Å². The van der Waals surface area contributed by atoms with Gasteiger partial charge in [-0.2, -0.15) is 0 Å². The third kappa shape index (κ3) is 4.81. The zero-order valence-corrected chi connectivity index (χ0v) is 11.4. The monoisotopic (exact) mass is 281 g/mol. The number of rotatable bonds is 5. The molecule has 0 bridgehead atoms. The van der Waals surface area contributed by atoms with E-state index in [0.717, 1.165) is 24.1 Å². The molecular formula is C14H17F2N3O. The van der Waals surface area contributed by atoms with Gasteiger partial charge in [-0.1, -0.05) is 18.6 Å². The van der Waals surface area contributed by atoms with Crippen LogP contribution in [0.3, 0.4) is 0 Å². The maximum atomic E-state index is 13.5. The van der Waals surface area contributed by atoms with Gasteiger partial charge in [-0.3, -0.25) is 5.84 Å². The van der Waals surface area contributed by atoms with Gasteiger partial charge < -0.3 is 10.2 Å². The lowest BCUT2D eigenvalue weighted by Gasteiger charge is -2.08. The summed E-state index contributed by atoms with van der Waals surface area (Å²) in [6.07, 6.45) is 5.05. The Balaban J connectivity index is 3.06.